The number of anilines is 1. The van der Waals surface area contributed by atoms with Crippen molar-refractivity contribution in [1.82, 2.24) is 9.55 Å². The molecule has 1 aromatic heterocycles. The van der Waals surface area contributed by atoms with Gasteiger partial charge in [-0.2, -0.15) is 0 Å². The number of benzene rings is 2. The maximum Gasteiger partial charge on any atom is 0.270 e. The number of rotatable bonds is 2. The number of non-ortho nitro benzene ring substituents is 1. The van der Waals surface area contributed by atoms with Crippen LogP contribution in [0.15, 0.2) is 42.5 Å². The van der Waals surface area contributed by atoms with Crippen molar-refractivity contribution in [2.24, 2.45) is 7.05 Å². The van der Waals surface area contributed by atoms with E-state index in [9.17, 15) is 14.9 Å². The molecule has 0 saturated carbocycles. The zero-order valence-electron chi connectivity index (χ0n) is 12.7. The highest BCUT2D eigenvalue weighted by atomic mass is 16.6. The van der Waals surface area contributed by atoms with Crippen LogP contribution in [0.3, 0.4) is 0 Å². The number of carbonyl (C=O) groups excluding carboxylic acids is 1. The molecule has 0 saturated heterocycles. The summed E-state index contributed by atoms with van der Waals surface area (Å²) in [6.07, 6.45) is 1.66. The summed E-state index contributed by atoms with van der Waals surface area (Å²) in [5.41, 5.74) is 3.16. The van der Waals surface area contributed by atoms with Crippen LogP contribution < -0.4 is 5.32 Å². The van der Waals surface area contributed by atoms with Crippen LogP contribution in [0.4, 0.5) is 11.4 Å². The van der Waals surface area contributed by atoms with E-state index in [1.807, 2.05) is 35.9 Å². The number of nitro groups is 1. The van der Waals surface area contributed by atoms with Crippen LogP contribution in [0.1, 0.15) is 11.4 Å². The molecule has 24 heavy (non-hydrogen) atoms. The third-order valence-corrected chi connectivity index (χ3v) is 4.09. The van der Waals surface area contributed by atoms with E-state index in [0.29, 0.717) is 22.6 Å². The standard InChI is InChI=1S/C17H12N4O3/c1-20-15-5-3-2-4-14(15)18-16(20)9-12-11-8-10(21(23)24)6-7-13(11)19-17(12)22/h2-9H,1H3,(H,19,22)/b12-9+. The van der Waals surface area contributed by atoms with Gasteiger partial charge < -0.3 is 9.88 Å². The summed E-state index contributed by atoms with van der Waals surface area (Å²) in [6.45, 7) is 0. The molecule has 1 aliphatic heterocycles. The summed E-state index contributed by atoms with van der Waals surface area (Å²) >= 11 is 0. The molecule has 0 spiro atoms. The Hall–Kier alpha value is -3.48. The average molecular weight is 320 g/mol. The molecule has 0 atom stereocenters. The second-order valence-corrected chi connectivity index (χ2v) is 5.52. The van der Waals surface area contributed by atoms with E-state index < -0.39 is 4.92 Å². The number of aromatic nitrogens is 2. The Balaban J connectivity index is 1.89. The maximum absolute atomic E-state index is 12.3. The molecule has 1 aliphatic rings. The van der Waals surface area contributed by atoms with Gasteiger partial charge in [-0.05, 0) is 24.3 Å². The highest BCUT2D eigenvalue weighted by Gasteiger charge is 2.27. The van der Waals surface area contributed by atoms with Crippen molar-refractivity contribution in [2.45, 2.75) is 0 Å². The number of nitrogens with one attached hydrogen (secondary N) is 1. The molecular formula is C17H12N4O3. The summed E-state index contributed by atoms with van der Waals surface area (Å²) in [5.74, 6) is 0.318. The van der Waals surface area contributed by atoms with Gasteiger partial charge in [0.1, 0.15) is 5.82 Å². The van der Waals surface area contributed by atoms with Gasteiger partial charge in [0.05, 0.1) is 21.5 Å². The number of carbonyl (C=O) groups is 1. The monoisotopic (exact) mass is 320 g/mol. The van der Waals surface area contributed by atoms with Crippen molar-refractivity contribution >= 4 is 40.0 Å². The lowest BCUT2D eigenvalue weighted by atomic mass is 10.1. The molecule has 118 valence electrons. The van der Waals surface area contributed by atoms with Gasteiger partial charge in [-0.15, -0.1) is 0 Å². The first-order valence-corrected chi connectivity index (χ1v) is 7.28. The van der Waals surface area contributed by atoms with E-state index in [2.05, 4.69) is 10.3 Å². The number of amides is 1. The van der Waals surface area contributed by atoms with Gasteiger partial charge in [0, 0.05) is 30.4 Å². The number of fused-ring (bicyclic) bond motifs is 2. The Kier molecular flexibility index (Phi) is 2.96. The van der Waals surface area contributed by atoms with Gasteiger partial charge in [0.15, 0.2) is 0 Å². The van der Waals surface area contributed by atoms with Crippen molar-refractivity contribution < 1.29 is 9.72 Å². The summed E-state index contributed by atoms with van der Waals surface area (Å²) in [5, 5.41) is 13.7. The second-order valence-electron chi connectivity index (χ2n) is 5.52. The molecule has 7 heteroatoms. The number of aryl methyl sites for hydroxylation is 1. The Labute approximate surface area is 136 Å². The minimum absolute atomic E-state index is 0.0545. The van der Waals surface area contributed by atoms with Gasteiger partial charge in [0.2, 0.25) is 0 Å². The predicted octanol–water partition coefficient (Wildman–Crippen LogP) is 2.97. The highest BCUT2D eigenvalue weighted by Crippen LogP contribution is 2.35. The molecular weight excluding hydrogens is 308 g/mol. The van der Waals surface area contributed by atoms with Crippen LogP contribution in [0.5, 0.6) is 0 Å². The third kappa shape index (κ3) is 2.06. The van der Waals surface area contributed by atoms with E-state index in [0.717, 1.165) is 11.0 Å². The predicted molar refractivity (Wildman–Crippen MR) is 90.3 cm³/mol. The number of hydrogen-bond donors (Lipinski definition) is 1. The minimum Gasteiger partial charge on any atom is -0.328 e. The summed E-state index contributed by atoms with van der Waals surface area (Å²) < 4.78 is 1.88. The Bertz CT molecular complexity index is 1050. The fraction of sp³-hybridized carbons (Fsp3) is 0.0588. The largest absolute Gasteiger partial charge is 0.328 e. The number of nitrogens with zero attached hydrogens (tertiary/aromatic N) is 3. The number of imidazole rings is 1. The third-order valence-electron chi connectivity index (χ3n) is 4.09. The number of para-hydroxylation sites is 2. The van der Waals surface area contributed by atoms with Crippen molar-refractivity contribution in [3.05, 3.63) is 64.0 Å². The highest BCUT2D eigenvalue weighted by molar-refractivity contribution is 6.35. The summed E-state index contributed by atoms with van der Waals surface area (Å²) in [7, 11) is 1.86. The van der Waals surface area contributed by atoms with Crippen LogP contribution in [0.25, 0.3) is 22.7 Å². The molecule has 3 aromatic rings. The topological polar surface area (TPSA) is 90.1 Å². The van der Waals surface area contributed by atoms with Gasteiger partial charge in [-0.1, -0.05) is 12.1 Å². The van der Waals surface area contributed by atoms with Crippen LogP contribution in [-0.4, -0.2) is 20.4 Å². The quantitative estimate of drug-likeness (QED) is 0.446. The van der Waals surface area contributed by atoms with E-state index in [1.165, 1.54) is 12.1 Å². The number of hydrogen-bond acceptors (Lipinski definition) is 4. The lowest BCUT2D eigenvalue weighted by Gasteiger charge is -2.00. The molecule has 2 aromatic carbocycles. The van der Waals surface area contributed by atoms with E-state index >= 15 is 0 Å². The zero-order valence-corrected chi connectivity index (χ0v) is 12.7. The number of nitro benzene ring substituents is 1. The van der Waals surface area contributed by atoms with E-state index in [-0.39, 0.29) is 11.6 Å². The molecule has 2 heterocycles. The smallest absolute Gasteiger partial charge is 0.270 e. The Morgan fingerprint density at radius 3 is 2.79 bits per heavy atom. The van der Waals surface area contributed by atoms with Gasteiger partial charge >= 0.3 is 0 Å². The first-order chi connectivity index (χ1) is 11.5. The van der Waals surface area contributed by atoms with Gasteiger partial charge in [-0.3, -0.25) is 14.9 Å². The van der Waals surface area contributed by atoms with E-state index in [1.54, 1.807) is 12.1 Å². The van der Waals surface area contributed by atoms with E-state index in [4.69, 9.17) is 0 Å². The Morgan fingerprint density at radius 2 is 2.04 bits per heavy atom. The molecule has 0 aliphatic carbocycles. The van der Waals surface area contributed by atoms with Crippen molar-refractivity contribution in [1.29, 1.82) is 0 Å². The van der Waals surface area contributed by atoms with Crippen molar-refractivity contribution in [3.63, 3.8) is 0 Å². The van der Waals surface area contributed by atoms with Crippen molar-refractivity contribution in [2.75, 3.05) is 5.32 Å². The van der Waals surface area contributed by atoms with Gasteiger partial charge in [0.25, 0.3) is 11.6 Å². The molecule has 1 N–H and O–H groups in total. The lowest BCUT2D eigenvalue weighted by Crippen LogP contribution is -2.04. The maximum atomic E-state index is 12.3. The Morgan fingerprint density at radius 1 is 1.25 bits per heavy atom. The molecule has 7 nitrogen and oxygen atoms in total. The van der Waals surface area contributed by atoms with Crippen LogP contribution in [0, 0.1) is 10.1 Å². The van der Waals surface area contributed by atoms with Crippen LogP contribution >= 0.6 is 0 Å². The molecule has 4 rings (SSSR count). The summed E-state index contributed by atoms with van der Waals surface area (Å²) in [4.78, 5) is 27.3. The first kappa shape index (κ1) is 14.1. The molecule has 0 fully saturated rings. The van der Waals surface area contributed by atoms with Gasteiger partial charge in [-0.25, -0.2) is 4.98 Å². The first-order valence-electron chi connectivity index (χ1n) is 7.28. The lowest BCUT2D eigenvalue weighted by molar-refractivity contribution is -0.384. The van der Waals surface area contributed by atoms with Crippen LogP contribution in [-0.2, 0) is 11.8 Å². The fourth-order valence-corrected chi connectivity index (χ4v) is 2.86. The fourth-order valence-electron chi connectivity index (χ4n) is 2.86. The average Bonchev–Trinajstić information content (AvgIpc) is 3.05. The molecule has 1 amide bonds. The molecule has 0 bridgehead atoms. The normalized spacial score (nSPS) is 14.9. The molecule has 0 unspecified atom stereocenters. The minimum atomic E-state index is -0.476. The zero-order chi connectivity index (χ0) is 16.8. The van der Waals surface area contributed by atoms with Crippen LogP contribution in [0.2, 0.25) is 0 Å². The SMILES string of the molecule is Cn1c(/C=C2/C(=O)Nc3ccc([N+](=O)[O-])cc32)nc2ccccc21. The second kappa shape index (κ2) is 5.02. The molecule has 0 radical (unpaired) electrons. The van der Waals surface area contributed by atoms with Crippen molar-refractivity contribution in [3.8, 4) is 0 Å². The summed E-state index contributed by atoms with van der Waals surface area (Å²) in [6, 6.07) is 12.0.